The quantitative estimate of drug-likeness (QED) is 0.848. The van der Waals surface area contributed by atoms with E-state index in [0.717, 1.165) is 17.7 Å². The average Bonchev–Trinajstić information content (AvgIpc) is 2.86. The van der Waals surface area contributed by atoms with E-state index in [9.17, 15) is 13.2 Å². The third-order valence-corrected chi connectivity index (χ3v) is 6.25. The lowest BCUT2D eigenvalue weighted by atomic mass is 10.2. The Kier molecular flexibility index (Phi) is 4.04. The van der Waals surface area contributed by atoms with Crippen LogP contribution in [0.3, 0.4) is 0 Å². The number of carbonyl (C=O) groups is 1. The van der Waals surface area contributed by atoms with Gasteiger partial charge in [0.15, 0.2) is 9.84 Å². The van der Waals surface area contributed by atoms with Gasteiger partial charge in [-0.2, -0.15) is 0 Å². The van der Waals surface area contributed by atoms with Gasteiger partial charge in [-0.3, -0.25) is 0 Å². The van der Waals surface area contributed by atoms with Gasteiger partial charge in [0.25, 0.3) is 0 Å². The smallest absolute Gasteiger partial charge is 0.336 e. The van der Waals surface area contributed by atoms with Gasteiger partial charge >= 0.3 is 5.97 Å². The predicted molar refractivity (Wildman–Crippen MR) is 69.8 cm³/mol. The fourth-order valence-electron chi connectivity index (χ4n) is 2.03. The van der Waals surface area contributed by atoms with Crippen molar-refractivity contribution in [3.63, 3.8) is 0 Å². The van der Waals surface area contributed by atoms with Crippen molar-refractivity contribution < 1.29 is 18.3 Å². The Morgan fingerprint density at radius 1 is 1.56 bits per heavy atom. The van der Waals surface area contributed by atoms with Gasteiger partial charge in [0.05, 0.1) is 16.6 Å². The lowest BCUT2D eigenvalue weighted by Crippen LogP contribution is -2.29. The van der Waals surface area contributed by atoms with Crippen molar-refractivity contribution in [1.29, 1.82) is 0 Å². The minimum atomic E-state index is -2.90. The Hall–Kier alpha value is -0.920. The molecule has 5 nitrogen and oxygen atoms in total. The summed E-state index contributed by atoms with van der Waals surface area (Å²) in [7, 11) is -2.90. The highest BCUT2D eigenvalue weighted by atomic mass is 32.2. The van der Waals surface area contributed by atoms with Gasteiger partial charge in [-0.1, -0.05) is 0 Å². The van der Waals surface area contributed by atoms with Gasteiger partial charge < -0.3 is 10.4 Å². The summed E-state index contributed by atoms with van der Waals surface area (Å²) in [4.78, 5) is 11.6. The molecular formula is C11H15NO4S2. The van der Waals surface area contributed by atoms with E-state index in [1.165, 1.54) is 11.3 Å². The third-order valence-electron chi connectivity index (χ3n) is 3.03. The number of carboxylic acids is 1. The number of nitrogens with one attached hydrogen (secondary N) is 1. The molecule has 1 aliphatic rings. The number of hydrogen-bond acceptors (Lipinski definition) is 5. The molecule has 0 spiro atoms. The van der Waals surface area contributed by atoms with Gasteiger partial charge in [-0.25, -0.2) is 13.2 Å². The number of aromatic carboxylic acids is 1. The van der Waals surface area contributed by atoms with Crippen molar-refractivity contribution in [2.45, 2.75) is 24.6 Å². The summed E-state index contributed by atoms with van der Waals surface area (Å²) in [5, 5.41) is 13.2. The molecule has 1 fully saturated rings. The minimum Gasteiger partial charge on any atom is -0.478 e. The van der Waals surface area contributed by atoms with Crippen LogP contribution >= 0.6 is 11.3 Å². The van der Waals surface area contributed by atoms with E-state index in [4.69, 9.17) is 5.11 Å². The molecule has 0 radical (unpaired) electrons. The zero-order valence-electron chi connectivity index (χ0n) is 9.76. The molecule has 2 heterocycles. The van der Waals surface area contributed by atoms with Crippen molar-refractivity contribution >= 4 is 27.1 Å². The molecule has 100 valence electrons. The fourth-order valence-corrected chi connectivity index (χ4v) is 4.66. The lowest BCUT2D eigenvalue weighted by molar-refractivity contribution is 0.0697. The Balaban J connectivity index is 1.83. The molecule has 7 heteroatoms. The van der Waals surface area contributed by atoms with E-state index in [1.54, 1.807) is 11.4 Å². The highest BCUT2D eigenvalue weighted by Crippen LogP contribution is 2.19. The van der Waals surface area contributed by atoms with Crippen LogP contribution in [0.15, 0.2) is 11.4 Å². The van der Waals surface area contributed by atoms with E-state index in [0.29, 0.717) is 18.8 Å². The Morgan fingerprint density at radius 2 is 2.33 bits per heavy atom. The second-order valence-electron chi connectivity index (χ2n) is 4.37. The maximum atomic E-state index is 11.6. The summed E-state index contributed by atoms with van der Waals surface area (Å²) in [5.41, 5.74) is 0.283. The second-order valence-corrected chi connectivity index (χ2v) is 7.77. The molecular weight excluding hydrogens is 274 g/mol. The predicted octanol–water partition coefficient (Wildman–Crippen LogP) is 1.11. The normalized spacial score (nSPS) is 22.1. The van der Waals surface area contributed by atoms with Gasteiger partial charge in [-0.05, 0) is 18.9 Å². The van der Waals surface area contributed by atoms with Crippen molar-refractivity contribution in [3.8, 4) is 0 Å². The minimum absolute atomic E-state index is 0.281. The van der Waals surface area contributed by atoms with E-state index in [-0.39, 0.29) is 10.8 Å². The lowest BCUT2D eigenvalue weighted by Gasteiger charge is -2.09. The molecule has 18 heavy (non-hydrogen) atoms. The summed E-state index contributed by atoms with van der Waals surface area (Å²) in [6.07, 6.45) is 1.47. The molecule has 2 N–H and O–H groups in total. The van der Waals surface area contributed by atoms with Crippen LogP contribution in [-0.2, 0) is 16.4 Å². The fraction of sp³-hybridized carbons (Fsp3) is 0.545. The van der Waals surface area contributed by atoms with Crippen LogP contribution in [0.4, 0.5) is 0 Å². The Morgan fingerprint density at radius 3 is 2.89 bits per heavy atom. The highest BCUT2D eigenvalue weighted by Gasteiger charge is 2.30. The summed E-state index contributed by atoms with van der Waals surface area (Å²) in [6.45, 7) is 0.965. The summed E-state index contributed by atoms with van der Waals surface area (Å²) >= 11 is 1.37. The monoisotopic (exact) mass is 289 g/mol. The third kappa shape index (κ3) is 3.09. The molecule has 0 amide bonds. The molecule has 0 bridgehead atoms. The molecule has 2 rings (SSSR count). The van der Waals surface area contributed by atoms with Crippen LogP contribution in [0.1, 0.15) is 28.1 Å². The zero-order chi connectivity index (χ0) is 13.2. The van der Waals surface area contributed by atoms with Gasteiger partial charge in [0.1, 0.15) is 0 Å². The largest absolute Gasteiger partial charge is 0.478 e. The molecule has 0 aromatic carbocycles. The van der Waals surface area contributed by atoms with E-state index < -0.39 is 15.8 Å². The first-order valence-corrected chi connectivity index (χ1v) is 8.31. The van der Waals surface area contributed by atoms with Gasteiger partial charge in [0.2, 0.25) is 0 Å². The van der Waals surface area contributed by atoms with Crippen LogP contribution in [0.2, 0.25) is 0 Å². The topological polar surface area (TPSA) is 83.5 Å². The summed E-state index contributed by atoms with van der Waals surface area (Å²) in [5.74, 6) is -0.641. The molecule has 1 atom stereocenters. The van der Waals surface area contributed by atoms with E-state index >= 15 is 0 Å². The first kappa shape index (κ1) is 13.5. The maximum absolute atomic E-state index is 11.6. The van der Waals surface area contributed by atoms with Crippen LogP contribution in [0, 0.1) is 0 Å². The molecule has 0 aliphatic carbocycles. The van der Waals surface area contributed by atoms with Crippen molar-refractivity contribution in [1.82, 2.24) is 5.32 Å². The van der Waals surface area contributed by atoms with Gasteiger partial charge in [-0.15, -0.1) is 11.3 Å². The zero-order valence-corrected chi connectivity index (χ0v) is 11.4. The van der Waals surface area contributed by atoms with Crippen LogP contribution in [0.25, 0.3) is 0 Å². The van der Waals surface area contributed by atoms with Crippen molar-refractivity contribution in [2.24, 2.45) is 0 Å². The Bertz CT molecular complexity index is 535. The molecule has 1 saturated heterocycles. The van der Waals surface area contributed by atoms with Crippen LogP contribution in [0.5, 0.6) is 0 Å². The van der Waals surface area contributed by atoms with Crippen LogP contribution < -0.4 is 5.32 Å². The van der Waals surface area contributed by atoms with E-state index in [1.807, 2.05) is 0 Å². The van der Waals surface area contributed by atoms with Crippen molar-refractivity contribution in [3.05, 3.63) is 21.9 Å². The number of carboxylic acid groups (broad SMARTS) is 1. The SMILES string of the molecule is O=C(O)c1csc(CNCC2CCCS2(=O)=O)c1. The van der Waals surface area contributed by atoms with Crippen LogP contribution in [-0.4, -0.2) is 37.0 Å². The molecule has 1 aromatic heterocycles. The summed E-state index contributed by atoms with van der Waals surface area (Å²) in [6, 6.07) is 1.61. The first-order chi connectivity index (χ1) is 8.49. The molecule has 1 aromatic rings. The van der Waals surface area contributed by atoms with Gasteiger partial charge in [0, 0.05) is 23.3 Å². The first-order valence-electron chi connectivity index (χ1n) is 5.72. The molecule has 1 unspecified atom stereocenters. The molecule has 1 aliphatic heterocycles. The second kappa shape index (κ2) is 5.38. The number of hydrogen-bond donors (Lipinski definition) is 2. The number of thiophene rings is 1. The summed E-state index contributed by atoms with van der Waals surface area (Å²) < 4.78 is 23.2. The Labute approximate surface area is 110 Å². The maximum Gasteiger partial charge on any atom is 0.336 e. The van der Waals surface area contributed by atoms with Crippen molar-refractivity contribution in [2.75, 3.05) is 12.3 Å². The highest BCUT2D eigenvalue weighted by molar-refractivity contribution is 7.92. The average molecular weight is 289 g/mol. The standard InChI is InChI=1S/C11H15NO4S2/c13-11(14)8-4-9(17-7-8)5-12-6-10-2-1-3-18(10,15)16/h4,7,10,12H,1-3,5-6H2,(H,13,14). The number of sulfone groups is 1. The molecule has 0 saturated carbocycles. The van der Waals surface area contributed by atoms with E-state index in [2.05, 4.69) is 5.32 Å². The number of rotatable bonds is 5.